The highest BCUT2D eigenvalue weighted by atomic mass is 16.6. The van der Waals surface area contributed by atoms with E-state index in [2.05, 4.69) is 13.8 Å². The van der Waals surface area contributed by atoms with E-state index in [0.29, 0.717) is 31.6 Å². The van der Waals surface area contributed by atoms with Crippen molar-refractivity contribution in [3.8, 4) is 0 Å². The van der Waals surface area contributed by atoms with Crippen LogP contribution < -0.4 is 0 Å². The van der Waals surface area contributed by atoms with E-state index in [9.17, 15) is 35.4 Å². The number of hydrogen-bond donors (Lipinski definition) is 6. The molecule has 0 aromatic carbocycles. The molecule has 9 atom stereocenters. The van der Waals surface area contributed by atoms with Crippen LogP contribution in [-0.4, -0.2) is 54.3 Å². The number of aliphatic hydroxyl groups is 5. The summed E-state index contributed by atoms with van der Waals surface area (Å²) < 4.78 is 0. The first-order chi connectivity index (χ1) is 15.7. The van der Waals surface area contributed by atoms with Crippen molar-refractivity contribution >= 4 is 5.97 Å². The SMILES string of the molecule is CC(C)CCC[C@@H](C)[C@H]1C(O)(O)C(O)(O)[C@H]2[C@@H]3C(O)CC4CCCC[C@]4(C(=O)O)[C@H]3CC[C@@]21C. The summed E-state index contributed by atoms with van der Waals surface area (Å²) in [4.78, 5) is 12.8. The summed E-state index contributed by atoms with van der Waals surface area (Å²) in [5, 5.41) is 67.2. The third kappa shape index (κ3) is 3.52. The zero-order valence-corrected chi connectivity index (χ0v) is 21.3. The van der Waals surface area contributed by atoms with E-state index in [1.165, 1.54) is 0 Å². The molecule has 0 spiro atoms. The maximum atomic E-state index is 12.8. The van der Waals surface area contributed by atoms with Gasteiger partial charge in [0.2, 0.25) is 11.6 Å². The number of rotatable bonds is 6. The highest BCUT2D eigenvalue weighted by molar-refractivity contribution is 5.76. The van der Waals surface area contributed by atoms with E-state index in [0.717, 1.165) is 38.5 Å². The Bertz CT molecular complexity index is 779. The molecule has 0 radical (unpaired) electrons. The second kappa shape index (κ2) is 8.69. The van der Waals surface area contributed by atoms with Gasteiger partial charge < -0.3 is 30.6 Å². The summed E-state index contributed by atoms with van der Waals surface area (Å²) in [5.74, 6) is -9.10. The summed E-state index contributed by atoms with van der Waals surface area (Å²) in [6.45, 7) is 8.15. The van der Waals surface area contributed by atoms with Gasteiger partial charge in [0, 0.05) is 11.8 Å². The molecule has 4 aliphatic carbocycles. The molecule has 34 heavy (non-hydrogen) atoms. The summed E-state index contributed by atoms with van der Waals surface area (Å²) in [7, 11) is 0. The Morgan fingerprint density at radius 3 is 2.26 bits per heavy atom. The van der Waals surface area contributed by atoms with Gasteiger partial charge in [-0.25, -0.2) is 0 Å². The van der Waals surface area contributed by atoms with Crippen LogP contribution in [0.25, 0.3) is 0 Å². The summed E-state index contributed by atoms with van der Waals surface area (Å²) in [6, 6.07) is 0. The maximum absolute atomic E-state index is 12.8. The highest BCUT2D eigenvalue weighted by Crippen LogP contribution is 2.72. The quantitative estimate of drug-likeness (QED) is 0.320. The largest absolute Gasteiger partial charge is 0.481 e. The summed E-state index contributed by atoms with van der Waals surface area (Å²) in [6.07, 6.45) is 6.16. The lowest BCUT2D eigenvalue weighted by Gasteiger charge is -2.61. The lowest BCUT2D eigenvalue weighted by atomic mass is 9.43. The minimum absolute atomic E-state index is 0.133. The monoisotopic (exact) mass is 482 g/mol. The van der Waals surface area contributed by atoms with Gasteiger partial charge in [-0.3, -0.25) is 4.79 Å². The zero-order valence-electron chi connectivity index (χ0n) is 21.3. The lowest BCUT2D eigenvalue weighted by molar-refractivity contribution is -0.376. The van der Waals surface area contributed by atoms with Crippen molar-refractivity contribution in [3.05, 3.63) is 0 Å². The van der Waals surface area contributed by atoms with Gasteiger partial charge in [-0.1, -0.05) is 59.8 Å². The van der Waals surface area contributed by atoms with E-state index in [4.69, 9.17) is 0 Å². The number of aliphatic carboxylic acids is 1. The Kier molecular flexibility index (Phi) is 6.73. The Balaban J connectivity index is 1.74. The van der Waals surface area contributed by atoms with Crippen molar-refractivity contribution in [2.75, 3.05) is 0 Å². The first-order valence-corrected chi connectivity index (χ1v) is 13.5. The van der Waals surface area contributed by atoms with Gasteiger partial charge in [0.15, 0.2) is 0 Å². The second-order valence-electron chi connectivity index (χ2n) is 13.0. The minimum atomic E-state index is -2.83. The number of fused-ring (bicyclic) bond motifs is 5. The number of carboxylic acids is 1. The average molecular weight is 483 g/mol. The smallest absolute Gasteiger partial charge is 0.310 e. The molecule has 4 aliphatic rings. The molecule has 7 heteroatoms. The normalized spacial score (nSPS) is 45.8. The first kappa shape index (κ1) is 26.3. The molecule has 4 saturated carbocycles. The van der Waals surface area contributed by atoms with Crippen LogP contribution in [0.2, 0.25) is 0 Å². The molecule has 0 saturated heterocycles. The lowest BCUT2D eigenvalue weighted by Crippen LogP contribution is -2.65. The fourth-order valence-corrected chi connectivity index (χ4v) is 9.61. The van der Waals surface area contributed by atoms with Gasteiger partial charge in [0.1, 0.15) is 0 Å². The molecule has 0 heterocycles. The molecule has 0 aliphatic heterocycles. The van der Waals surface area contributed by atoms with Crippen LogP contribution >= 0.6 is 0 Å². The third-order valence-corrected chi connectivity index (χ3v) is 10.8. The molecule has 7 nitrogen and oxygen atoms in total. The molecular weight excluding hydrogens is 436 g/mol. The topological polar surface area (TPSA) is 138 Å². The zero-order chi connectivity index (χ0) is 25.3. The van der Waals surface area contributed by atoms with Crippen LogP contribution in [0.15, 0.2) is 0 Å². The van der Waals surface area contributed by atoms with Crippen LogP contribution in [0, 0.1) is 52.3 Å². The van der Waals surface area contributed by atoms with Crippen molar-refractivity contribution < 1.29 is 35.4 Å². The number of carbonyl (C=O) groups is 1. The molecular formula is C27H46O7. The number of aliphatic hydroxyl groups excluding tert-OH is 1. The number of hydrogen-bond acceptors (Lipinski definition) is 6. The summed E-state index contributed by atoms with van der Waals surface area (Å²) in [5.41, 5.74) is -1.83. The van der Waals surface area contributed by atoms with Crippen molar-refractivity contribution in [2.45, 2.75) is 110 Å². The second-order valence-corrected chi connectivity index (χ2v) is 13.0. The fourth-order valence-electron chi connectivity index (χ4n) is 9.61. The van der Waals surface area contributed by atoms with E-state index in [1.807, 2.05) is 13.8 Å². The van der Waals surface area contributed by atoms with E-state index >= 15 is 0 Å². The van der Waals surface area contributed by atoms with Gasteiger partial charge in [0.25, 0.3) is 0 Å². The third-order valence-electron chi connectivity index (χ3n) is 10.8. The van der Waals surface area contributed by atoms with Gasteiger partial charge >= 0.3 is 5.97 Å². The fraction of sp³-hybridized carbons (Fsp3) is 0.963. The highest BCUT2D eigenvalue weighted by Gasteiger charge is 2.79. The molecule has 6 N–H and O–H groups in total. The van der Waals surface area contributed by atoms with E-state index in [1.54, 1.807) is 0 Å². The number of carboxylic acid groups (broad SMARTS) is 1. The van der Waals surface area contributed by atoms with Crippen LogP contribution in [0.1, 0.15) is 91.9 Å². The van der Waals surface area contributed by atoms with Crippen molar-refractivity contribution in [2.24, 2.45) is 52.3 Å². The molecule has 196 valence electrons. The molecule has 4 fully saturated rings. The standard InChI is InChI=1S/C27H46O7/c1-15(2)8-7-9-16(3)21-24(4)13-11-18-20(22(24)27(33,34)26(21,31)32)19(28)14-17-10-5-6-12-25(17,18)23(29)30/h15-22,28,31-34H,5-14H2,1-4H3,(H,29,30)/t16-,17?,18+,19?,20+,21-,22+,24-,25-/m1/s1. The summed E-state index contributed by atoms with van der Waals surface area (Å²) >= 11 is 0. The van der Waals surface area contributed by atoms with Crippen LogP contribution in [0.5, 0.6) is 0 Å². The molecule has 0 bridgehead atoms. The van der Waals surface area contributed by atoms with Crippen LogP contribution in [0.3, 0.4) is 0 Å². The minimum Gasteiger partial charge on any atom is -0.481 e. The van der Waals surface area contributed by atoms with Crippen LogP contribution in [-0.2, 0) is 4.79 Å². The van der Waals surface area contributed by atoms with Gasteiger partial charge in [0.05, 0.1) is 11.5 Å². The first-order valence-electron chi connectivity index (χ1n) is 13.5. The molecule has 4 rings (SSSR count). The van der Waals surface area contributed by atoms with Crippen LogP contribution in [0.4, 0.5) is 0 Å². The Morgan fingerprint density at radius 1 is 0.971 bits per heavy atom. The molecule has 0 aromatic rings. The predicted molar refractivity (Wildman–Crippen MR) is 126 cm³/mol. The van der Waals surface area contributed by atoms with Gasteiger partial charge in [-0.2, -0.15) is 0 Å². The van der Waals surface area contributed by atoms with Crippen molar-refractivity contribution in [1.82, 2.24) is 0 Å². The Hall–Kier alpha value is -0.730. The van der Waals surface area contributed by atoms with Crippen molar-refractivity contribution in [1.29, 1.82) is 0 Å². The average Bonchev–Trinajstić information content (AvgIpc) is 2.85. The predicted octanol–water partition coefficient (Wildman–Crippen LogP) is 3.11. The van der Waals surface area contributed by atoms with E-state index in [-0.39, 0.29) is 11.8 Å². The molecule has 2 unspecified atom stereocenters. The maximum Gasteiger partial charge on any atom is 0.310 e. The molecule has 0 aromatic heterocycles. The Morgan fingerprint density at radius 2 is 1.65 bits per heavy atom. The van der Waals surface area contributed by atoms with Gasteiger partial charge in [-0.15, -0.1) is 0 Å². The molecule has 0 amide bonds. The van der Waals surface area contributed by atoms with Crippen molar-refractivity contribution in [3.63, 3.8) is 0 Å². The van der Waals surface area contributed by atoms with E-state index < -0.39 is 58.1 Å². The van der Waals surface area contributed by atoms with Gasteiger partial charge in [-0.05, 0) is 67.1 Å². The Labute approximate surface area is 203 Å².